The molecule has 0 saturated carbocycles. The standard InChI is InChI=1S/C15H27NO9P2/c17-9-15(10-18,11-19)16-8-14-6-12(1-3-26(20,21)22)5-13(7-14)2-4-27(23,24)25/h5-7,16-19H,1-4,8-11H2,(H2,20,21,22)(H2,23,24,25). The Labute approximate surface area is 157 Å². The summed E-state index contributed by atoms with van der Waals surface area (Å²) in [5.74, 6) is 0. The normalized spacial score (nSPS) is 13.1. The molecule has 156 valence electrons. The summed E-state index contributed by atoms with van der Waals surface area (Å²) in [5, 5.41) is 30.9. The molecule has 0 aromatic heterocycles. The number of nitrogens with one attached hydrogen (secondary N) is 1. The van der Waals surface area contributed by atoms with Gasteiger partial charge in [-0.15, -0.1) is 0 Å². The molecule has 0 aliphatic rings. The lowest BCUT2D eigenvalue weighted by Crippen LogP contribution is -2.54. The highest BCUT2D eigenvalue weighted by molar-refractivity contribution is 7.52. The zero-order chi connectivity index (χ0) is 20.7. The third-order valence-electron chi connectivity index (χ3n) is 4.07. The van der Waals surface area contributed by atoms with E-state index in [1.165, 1.54) is 0 Å². The highest BCUT2D eigenvalue weighted by Crippen LogP contribution is 2.36. The first-order chi connectivity index (χ1) is 12.4. The molecule has 1 aromatic carbocycles. The predicted octanol–water partition coefficient (Wildman–Crippen LogP) is -1.07. The zero-order valence-electron chi connectivity index (χ0n) is 14.7. The van der Waals surface area contributed by atoms with Crippen molar-refractivity contribution in [1.29, 1.82) is 0 Å². The van der Waals surface area contributed by atoms with Crippen molar-refractivity contribution >= 4 is 15.2 Å². The summed E-state index contributed by atoms with van der Waals surface area (Å²) in [6.07, 6.45) is -0.580. The van der Waals surface area contributed by atoms with Gasteiger partial charge in [0.2, 0.25) is 0 Å². The Morgan fingerprint density at radius 3 is 1.44 bits per heavy atom. The fourth-order valence-corrected chi connectivity index (χ4v) is 3.49. The lowest BCUT2D eigenvalue weighted by Gasteiger charge is -2.29. The van der Waals surface area contributed by atoms with Crippen LogP contribution in [0.1, 0.15) is 16.7 Å². The fourth-order valence-electron chi connectivity index (χ4n) is 2.39. The predicted molar refractivity (Wildman–Crippen MR) is 98.5 cm³/mol. The summed E-state index contributed by atoms with van der Waals surface area (Å²) >= 11 is 0. The van der Waals surface area contributed by atoms with E-state index in [9.17, 15) is 24.4 Å². The van der Waals surface area contributed by atoms with E-state index in [1.807, 2.05) is 0 Å². The summed E-state index contributed by atoms with van der Waals surface area (Å²) in [6.45, 7) is -1.41. The maximum atomic E-state index is 11.1. The molecule has 12 heteroatoms. The largest absolute Gasteiger partial charge is 0.394 e. The SMILES string of the molecule is O=P(O)(O)CCc1cc(CCP(=O)(O)O)cc(CNC(CO)(CO)CO)c1. The van der Waals surface area contributed by atoms with Crippen LogP contribution in [-0.4, -0.2) is 72.6 Å². The van der Waals surface area contributed by atoms with Gasteiger partial charge < -0.3 is 40.2 Å². The van der Waals surface area contributed by atoms with Crippen molar-refractivity contribution in [2.45, 2.75) is 24.9 Å². The summed E-state index contributed by atoms with van der Waals surface area (Å²) in [5.41, 5.74) is 0.494. The molecule has 0 amide bonds. The van der Waals surface area contributed by atoms with E-state index in [-0.39, 0.29) is 31.7 Å². The molecule has 0 unspecified atom stereocenters. The van der Waals surface area contributed by atoms with Crippen molar-refractivity contribution in [2.75, 3.05) is 32.1 Å². The number of aliphatic hydroxyl groups excluding tert-OH is 3. The first kappa shape index (κ1) is 24.4. The van der Waals surface area contributed by atoms with Crippen molar-refractivity contribution in [1.82, 2.24) is 5.32 Å². The van der Waals surface area contributed by atoms with Crippen LogP contribution in [0.5, 0.6) is 0 Å². The lowest BCUT2D eigenvalue weighted by molar-refractivity contribution is 0.0414. The van der Waals surface area contributed by atoms with Crippen LogP contribution in [0.3, 0.4) is 0 Å². The topological polar surface area (TPSA) is 188 Å². The molecule has 10 nitrogen and oxygen atoms in total. The van der Waals surface area contributed by atoms with E-state index in [1.54, 1.807) is 18.2 Å². The number of rotatable bonds is 12. The number of hydrogen-bond donors (Lipinski definition) is 8. The zero-order valence-corrected chi connectivity index (χ0v) is 16.5. The maximum absolute atomic E-state index is 11.1. The summed E-state index contributed by atoms with van der Waals surface area (Å²) in [4.78, 5) is 36.2. The molecule has 0 saturated heterocycles. The average molecular weight is 427 g/mol. The molecule has 1 rings (SSSR count). The van der Waals surface area contributed by atoms with Crippen molar-refractivity contribution < 1.29 is 44.0 Å². The van der Waals surface area contributed by atoms with E-state index in [2.05, 4.69) is 5.32 Å². The van der Waals surface area contributed by atoms with E-state index in [4.69, 9.17) is 19.6 Å². The highest BCUT2D eigenvalue weighted by atomic mass is 31.2. The Balaban J connectivity index is 3.02. The van der Waals surface area contributed by atoms with Crippen LogP contribution in [0.2, 0.25) is 0 Å². The Bertz CT molecular complexity index is 644. The van der Waals surface area contributed by atoms with E-state index >= 15 is 0 Å². The molecule has 8 N–H and O–H groups in total. The second kappa shape index (κ2) is 10.2. The second-order valence-corrected chi connectivity index (χ2v) is 10.1. The Hall–Kier alpha value is -0.640. The van der Waals surface area contributed by atoms with Gasteiger partial charge in [0.15, 0.2) is 0 Å². The molecule has 0 spiro atoms. The van der Waals surface area contributed by atoms with Gasteiger partial charge in [-0.1, -0.05) is 18.2 Å². The minimum Gasteiger partial charge on any atom is -0.394 e. The molecule has 0 aliphatic carbocycles. The van der Waals surface area contributed by atoms with Gasteiger partial charge in [0.1, 0.15) is 0 Å². The molecule has 0 heterocycles. The second-order valence-electron chi connectivity index (χ2n) is 6.54. The van der Waals surface area contributed by atoms with Crippen molar-refractivity contribution in [2.24, 2.45) is 0 Å². The molecule has 0 fully saturated rings. The van der Waals surface area contributed by atoms with Gasteiger partial charge in [-0.3, -0.25) is 9.13 Å². The molecule has 0 bridgehead atoms. The van der Waals surface area contributed by atoms with Crippen LogP contribution in [-0.2, 0) is 28.5 Å². The number of aliphatic hydroxyl groups is 3. The minimum atomic E-state index is -4.20. The van der Waals surface area contributed by atoms with Gasteiger partial charge in [-0.05, 0) is 29.5 Å². The maximum Gasteiger partial charge on any atom is 0.325 e. The number of hydrogen-bond acceptors (Lipinski definition) is 6. The third kappa shape index (κ3) is 9.40. The Morgan fingerprint density at radius 1 is 0.741 bits per heavy atom. The summed E-state index contributed by atoms with van der Waals surface area (Å²) in [6, 6.07) is 4.97. The summed E-state index contributed by atoms with van der Waals surface area (Å²) in [7, 11) is -8.40. The molecular weight excluding hydrogens is 400 g/mol. The third-order valence-corrected chi connectivity index (χ3v) is 5.68. The van der Waals surface area contributed by atoms with Crippen molar-refractivity contribution in [3.05, 3.63) is 34.9 Å². The van der Waals surface area contributed by atoms with Gasteiger partial charge in [-0.2, -0.15) is 0 Å². The average Bonchev–Trinajstić information content (AvgIpc) is 2.59. The van der Waals surface area contributed by atoms with Crippen LogP contribution in [0, 0.1) is 0 Å². The molecule has 0 aliphatic heterocycles. The summed E-state index contributed by atoms with van der Waals surface area (Å²) < 4.78 is 22.2. The van der Waals surface area contributed by atoms with E-state index in [0.29, 0.717) is 16.7 Å². The quantitative estimate of drug-likeness (QED) is 0.191. The van der Waals surface area contributed by atoms with Gasteiger partial charge >= 0.3 is 15.2 Å². The van der Waals surface area contributed by atoms with Crippen LogP contribution in [0.4, 0.5) is 0 Å². The van der Waals surface area contributed by atoms with Gasteiger partial charge in [0.05, 0.1) is 37.7 Å². The highest BCUT2D eigenvalue weighted by Gasteiger charge is 2.27. The Morgan fingerprint density at radius 2 is 1.11 bits per heavy atom. The van der Waals surface area contributed by atoms with Crippen LogP contribution in [0.15, 0.2) is 18.2 Å². The van der Waals surface area contributed by atoms with Crippen LogP contribution < -0.4 is 5.32 Å². The molecule has 27 heavy (non-hydrogen) atoms. The van der Waals surface area contributed by atoms with E-state index < -0.39 is 40.6 Å². The fraction of sp³-hybridized carbons (Fsp3) is 0.600. The molecule has 0 atom stereocenters. The molecule has 1 aromatic rings. The smallest absolute Gasteiger partial charge is 0.325 e. The molecule has 0 radical (unpaired) electrons. The van der Waals surface area contributed by atoms with Gasteiger partial charge in [0.25, 0.3) is 0 Å². The number of aryl methyl sites for hydroxylation is 2. The van der Waals surface area contributed by atoms with E-state index in [0.717, 1.165) is 0 Å². The van der Waals surface area contributed by atoms with Gasteiger partial charge in [-0.25, -0.2) is 0 Å². The number of benzene rings is 1. The lowest BCUT2D eigenvalue weighted by atomic mass is 10.00. The van der Waals surface area contributed by atoms with Crippen LogP contribution in [0.25, 0.3) is 0 Å². The molecular formula is C15H27NO9P2. The first-order valence-electron chi connectivity index (χ1n) is 8.20. The Kier molecular flexibility index (Phi) is 9.24. The minimum absolute atomic E-state index is 0.0756. The van der Waals surface area contributed by atoms with Crippen molar-refractivity contribution in [3.8, 4) is 0 Å². The monoisotopic (exact) mass is 427 g/mol. The first-order valence-corrected chi connectivity index (χ1v) is 11.8. The van der Waals surface area contributed by atoms with Crippen LogP contribution >= 0.6 is 15.2 Å². The van der Waals surface area contributed by atoms with Crippen molar-refractivity contribution in [3.63, 3.8) is 0 Å². The van der Waals surface area contributed by atoms with Gasteiger partial charge in [0, 0.05) is 6.54 Å².